The zero-order valence-corrected chi connectivity index (χ0v) is 9.84. The summed E-state index contributed by atoms with van der Waals surface area (Å²) in [6.07, 6.45) is 8.22. The van der Waals surface area contributed by atoms with E-state index in [1.54, 1.807) is 0 Å². The van der Waals surface area contributed by atoms with Gasteiger partial charge in [-0.05, 0) is 38.8 Å². The summed E-state index contributed by atoms with van der Waals surface area (Å²) in [4.78, 5) is 2.49. The van der Waals surface area contributed by atoms with E-state index in [4.69, 9.17) is 5.73 Å². The lowest BCUT2D eigenvalue weighted by Crippen LogP contribution is -2.46. The van der Waals surface area contributed by atoms with Gasteiger partial charge in [-0.25, -0.2) is 0 Å². The topological polar surface area (TPSA) is 29.3 Å². The Morgan fingerprint density at radius 2 is 2.07 bits per heavy atom. The smallest absolute Gasteiger partial charge is 0.0243 e. The summed E-state index contributed by atoms with van der Waals surface area (Å²) in [5.41, 5.74) is 5.85. The van der Waals surface area contributed by atoms with Crippen molar-refractivity contribution in [1.29, 1.82) is 0 Å². The number of nitrogens with two attached hydrogens (primary N) is 1. The van der Waals surface area contributed by atoms with Crippen molar-refractivity contribution in [2.45, 2.75) is 51.5 Å². The molecule has 0 heterocycles. The van der Waals surface area contributed by atoms with E-state index in [0.29, 0.717) is 6.04 Å². The molecule has 0 bridgehead atoms. The molecule has 2 N–H and O–H groups in total. The third-order valence-corrected chi connectivity index (χ3v) is 3.62. The van der Waals surface area contributed by atoms with E-state index in [9.17, 15) is 0 Å². The summed E-state index contributed by atoms with van der Waals surface area (Å²) in [6, 6.07) is 0.653. The zero-order valence-electron chi connectivity index (χ0n) is 9.84. The zero-order chi connectivity index (χ0) is 10.4. The molecule has 2 nitrogen and oxygen atoms in total. The van der Waals surface area contributed by atoms with E-state index in [1.807, 2.05) is 0 Å². The molecule has 0 aliphatic heterocycles. The van der Waals surface area contributed by atoms with Crippen molar-refractivity contribution >= 4 is 0 Å². The molecule has 0 saturated heterocycles. The fourth-order valence-corrected chi connectivity index (χ4v) is 2.33. The fourth-order valence-electron chi connectivity index (χ4n) is 2.33. The van der Waals surface area contributed by atoms with Gasteiger partial charge in [0.15, 0.2) is 0 Å². The molecular formula is C12H26N2. The lowest BCUT2D eigenvalue weighted by atomic mass is 9.79. The third-order valence-electron chi connectivity index (χ3n) is 3.62. The predicted molar refractivity (Wildman–Crippen MR) is 62.3 cm³/mol. The number of hydrogen-bond donors (Lipinski definition) is 1. The summed E-state index contributed by atoms with van der Waals surface area (Å²) in [5.74, 6) is 0.895. The van der Waals surface area contributed by atoms with Crippen LogP contribution in [0.15, 0.2) is 0 Å². The first-order chi connectivity index (χ1) is 6.79. The van der Waals surface area contributed by atoms with Crippen molar-refractivity contribution in [2.75, 3.05) is 20.1 Å². The monoisotopic (exact) mass is 198 g/mol. The van der Waals surface area contributed by atoms with Crippen LogP contribution in [0.25, 0.3) is 0 Å². The number of unbranched alkanes of at least 4 members (excludes halogenated alkanes) is 2. The van der Waals surface area contributed by atoms with Gasteiger partial charge in [-0.3, -0.25) is 0 Å². The van der Waals surface area contributed by atoms with Gasteiger partial charge >= 0.3 is 0 Å². The largest absolute Gasteiger partial charge is 0.329 e. The third kappa shape index (κ3) is 3.25. The summed E-state index contributed by atoms with van der Waals surface area (Å²) in [5, 5.41) is 0. The second kappa shape index (κ2) is 6.41. The molecule has 0 aromatic rings. The standard InChI is InChI=1S/C12H26N2/c1-3-4-5-9-14(2)12(10-13)11-7-6-8-11/h11-12H,3-10,13H2,1-2H3. The highest BCUT2D eigenvalue weighted by Gasteiger charge is 2.28. The average Bonchev–Trinajstić information content (AvgIpc) is 2.11. The van der Waals surface area contributed by atoms with E-state index >= 15 is 0 Å². The van der Waals surface area contributed by atoms with Gasteiger partial charge in [0.2, 0.25) is 0 Å². The maximum atomic E-state index is 5.85. The Morgan fingerprint density at radius 3 is 2.50 bits per heavy atom. The van der Waals surface area contributed by atoms with E-state index < -0.39 is 0 Å². The maximum absolute atomic E-state index is 5.85. The van der Waals surface area contributed by atoms with Gasteiger partial charge in [-0.1, -0.05) is 26.2 Å². The van der Waals surface area contributed by atoms with Crippen molar-refractivity contribution in [2.24, 2.45) is 11.7 Å². The van der Waals surface area contributed by atoms with Crippen molar-refractivity contribution in [1.82, 2.24) is 4.90 Å². The SMILES string of the molecule is CCCCCN(C)C(CN)C1CCC1. The Labute approximate surface area is 88.8 Å². The first-order valence-electron chi connectivity index (χ1n) is 6.20. The predicted octanol–water partition coefficient (Wildman–Crippen LogP) is 2.24. The lowest BCUT2D eigenvalue weighted by molar-refractivity contribution is 0.122. The Kier molecular flexibility index (Phi) is 5.49. The molecule has 1 unspecified atom stereocenters. The molecule has 0 amide bonds. The second-order valence-electron chi connectivity index (χ2n) is 4.68. The number of likely N-dealkylation sites (N-methyl/N-ethyl adjacent to an activating group) is 1. The van der Waals surface area contributed by atoms with Crippen LogP contribution in [0.3, 0.4) is 0 Å². The van der Waals surface area contributed by atoms with Crippen LogP contribution < -0.4 is 5.73 Å². The minimum atomic E-state index is 0.653. The van der Waals surface area contributed by atoms with Crippen LogP contribution in [-0.4, -0.2) is 31.1 Å². The molecule has 0 radical (unpaired) electrons. The van der Waals surface area contributed by atoms with E-state index in [0.717, 1.165) is 12.5 Å². The van der Waals surface area contributed by atoms with Gasteiger partial charge < -0.3 is 10.6 Å². The second-order valence-corrected chi connectivity index (χ2v) is 4.68. The first-order valence-corrected chi connectivity index (χ1v) is 6.20. The van der Waals surface area contributed by atoms with Crippen LogP contribution in [0.4, 0.5) is 0 Å². The minimum absolute atomic E-state index is 0.653. The van der Waals surface area contributed by atoms with E-state index in [1.165, 1.54) is 45.1 Å². The van der Waals surface area contributed by atoms with Crippen LogP contribution in [0, 0.1) is 5.92 Å². The highest BCUT2D eigenvalue weighted by atomic mass is 15.1. The maximum Gasteiger partial charge on any atom is 0.0243 e. The van der Waals surface area contributed by atoms with Crippen molar-refractivity contribution < 1.29 is 0 Å². The van der Waals surface area contributed by atoms with Crippen molar-refractivity contribution in [3.05, 3.63) is 0 Å². The van der Waals surface area contributed by atoms with Crippen molar-refractivity contribution in [3.8, 4) is 0 Å². The Balaban J connectivity index is 2.20. The highest BCUT2D eigenvalue weighted by molar-refractivity contribution is 4.84. The van der Waals surface area contributed by atoms with Crippen LogP contribution in [-0.2, 0) is 0 Å². The first kappa shape index (κ1) is 12.0. The molecule has 0 spiro atoms. The molecular weight excluding hydrogens is 172 g/mol. The van der Waals surface area contributed by atoms with Gasteiger partial charge in [0.05, 0.1) is 0 Å². The summed E-state index contributed by atoms with van der Waals surface area (Å²) in [6.45, 7) is 4.33. The van der Waals surface area contributed by atoms with Gasteiger partial charge in [0.1, 0.15) is 0 Å². The number of rotatable bonds is 7. The normalized spacial score (nSPS) is 19.7. The average molecular weight is 198 g/mol. The van der Waals surface area contributed by atoms with Gasteiger partial charge in [-0.15, -0.1) is 0 Å². The number of hydrogen-bond acceptors (Lipinski definition) is 2. The highest BCUT2D eigenvalue weighted by Crippen LogP contribution is 2.31. The Hall–Kier alpha value is -0.0800. The molecule has 84 valence electrons. The van der Waals surface area contributed by atoms with Crippen LogP contribution >= 0.6 is 0 Å². The van der Waals surface area contributed by atoms with E-state index in [-0.39, 0.29) is 0 Å². The summed E-state index contributed by atoms with van der Waals surface area (Å²) < 4.78 is 0. The van der Waals surface area contributed by atoms with Gasteiger partial charge in [-0.2, -0.15) is 0 Å². The van der Waals surface area contributed by atoms with Crippen LogP contribution in [0.5, 0.6) is 0 Å². The molecule has 1 fully saturated rings. The summed E-state index contributed by atoms with van der Waals surface area (Å²) >= 11 is 0. The molecule has 0 aromatic heterocycles. The number of nitrogens with zero attached hydrogens (tertiary/aromatic N) is 1. The molecule has 1 rings (SSSR count). The van der Waals surface area contributed by atoms with E-state index in [2.05, 4.69) is 18.9 Å². The lowest BCUT2D eigenvalue weighted by Gasteiger charge is -2.38. The van der Waals surface area contributed by atoms with Crippen LogP contribution in [0.1, 0.15) is 45.4 Å². The molecule has 1 aliphatic carbocycles. The molecule has 1 atom stereocenters. The molecule has 14 heavy (non-hydrogen) atoms. The van der Waals surface area contributed by atoms with Gasteiger partial charge in [0, 0.05) is 12.6 Å². The minimum Gasteiger partial charge on any atom is -0.329 e. The van der Waals surface area contributed by atoms with Gasteiger partial charge in [0.25, 0.3) is 0 Å². The molecule has 0 aromatic carbocycles. The molecule has 1 saturated carbocycles. The molecule has 1 aliphatic rings. The van der Waals surface area contributed by atoms with Crippen molar-refractivity contribution in [3.63, 3.8) is 0 Å². The van der Waals surface area contributed by atoms with Crippen LogP contribution in [0.2, 0.25) is 0 Å². The Morgan fingerprint density at radius 1 is 1.36 bits per heavy atom. The Bertz CT molecular complexity index is 143. The fraction of sp³-hybridized carbons (Fsp3) is 1.00. The summed E-state index contributed by atoms with van der Waals surface area (Å²) in [7, 11) is 2.24. The molecule has 2 heteroatoms. The quantitative estimate of drug-likeness (QED) is 0.636.